The van der Waals surface area contributed by atoms with Crippen molar-refractivity contribution < 1.29 is 14.6 Å². The van der Waals surface area contributed by atoms with E-state index >= 15 is 0 Å². The molecular weight excluding hydrogens is 244 g/mol. The fourth-order valence-corrected chi connectivity index (χ4v) is 1.73. The van der Waals surface area contributed by atoms with Gasteiger partial charge < -0.3 is 15.2 Å². The van der Waals surface area contributed by atoms with Crippen LogP contribution < -0.4 is 10.1 Å². The molecule has 1 rings (SSSR count). The molecule has 0 aromatic heterocycles. The summed E-state index contributed by atoms with van der Waals surface area (Å²) in [6, 6.07) is 9.45. The van der Waals surface area contributed by atoms with Crippen LogP contribution in [0.15, 0.2) is 24.3 Å². The Balaban J connectivity index is 2.63. The van der Waals surface area contributed by atoms with Crippen molar-refractivity contribution in [3.8, 4) is 11.8 Å². The molecule has 1 aromatic carbocycles. The molecule has 0 amide bonds. The second-order valence-corrected chi connectivity index (χ2v) is 4.54. The molecule has 1 atom stereocenters. The highest BCUT2D eigenvalue weighted by atomic mass is 16.5. The maximum atomic E-state index is 10.5. The van der Waals surface area contributed by atoms with Crippen molar-refractivity contribution in [2.24, 2.45) is 0 Å². The minimum Gasteiger partial charge on any atom is -0.497 e. The van der Waals surface area contributed by atoms with E-state index in [-0.39, 0.29) is 6.42 Å². The van der Waals surface area contributed by atoms with Crippen LogP contribution >= 0.6 is 0 Å². The molecule has 0 saturated carbocycles. The molecule has 2 N–H and O–H groups in total. The number of nitrogens with zero attached hydrogens (tertiary/aromatic N) is 1. The van der Waals surface area contributed by atoms with Crippen LogP contribution in [-0.2, 0) is 4.79 Å². The number of hydrogen-bond acceptors (Lipinski definition) is 4. The molecule has 0 aliphatic heterocycles. The lowest BCUT2D eigenvalue weighted by molar-refractivity contribution is -0.137. The molecule has 19 heavy (non-hydrogen) atoms. The van der Waals surface area contributed by atoms with Gasteiger partial charge in [0.1, 0.15) is 11.3 Å². The van der Waals surface area contributed by atoms with Gasteiger partial charge in [-0.2, -0.15) is 5.26 Å². The number of carboxylic acid groups (broad SMARTS) is 1. The number of benzene rings is 1. The molecule has 0 bridgehead atoms. The van der Waals surface area contributed by atoms with Crippen LogP contribution in [-0.4, -0.2) is 23.7 Å². The van der Waals surface area contributed by atoms with E-state index in [1.54, 1.807) is 26.2 Å². The summed E-state index contributed by atoms with van der Waals surface area (Å²) < 4.78 is 5.06. The molecular formula is C14H18N2O3. The van der Waals surface area contributed by atoms with Crippen molar-refractivity contribution >= 4 is 11.7 Å². The third-order valence-electron chi connectivity index (χ3n) is 2.82. The first-order valence-corrected chi connectivity index (χ1v) is 6.04. The summed E-state index contributed by atoms with van der Waals surface area (Å²) in [5, 5.41) is 21.0. The fraction of sp³-hybridized carbons (Fsp3) is 0.429. The van der Waals surface area contributed by atoms with Gasteiger partial charge in [0, 0.05) is 12.1 Å². The first kappa shape index (κ1) is 14.8. The van der Waals surface area contributed by atoms with Crippen molar-refractivity contribution in [1.29, 1.82) is 5.26 Å². The topological polar surface area (TPSA) is 82.3 Å². The van der Waals surface area contributed by atoms with Crippen molar-refractivity contribution in [3.05, 3.63) is 24.3 Å². The summed E-state index contributed by atoms with van der Waals surface area (Å²) in [6.45, 7) is 1.76. The Kier molecular flexibility index (Phi) is 5.19. The number of carbonyl (C=O) groups is 1. The van der Waals surface area contributed by atoms with Gasteiger partial charge in [-0.3, -0.25) is 4.79 Å². The van der Waals surface area contributed by atoms with E-state index in [0.29, 0.717) is 12.8 Å². The van der Waals surface area contributed by atoms with Crippen molar-refractivity contribution in [3.63, 3.8) is 0 Å². The number of rotatable bonds is 7. The molecule has 0 radical (unpaired) electrons. The Morgan fingerprint density at radius 2 is 2.11 bits per heavy atom. The Labute approximate surface area is 112 Å². The van der Waals surface area contributed by atoms with Gasteiger partial charge in [-0.25, -0.2) is 0 Å². The second-order valence-electron chi connectivity index (χ2n) is 4.54. The number of ether oxygens (including phenoxy) is 1. The Bertz CT molecular complexity index is 465. The molecule has 0 saturated heterocycles. The molecule has 1 unspecified atom stereocenters. The Hall–Kier alpha value is -2.22. The van der Waals surface area contributed by atoms with E-state index in [0.717, 1.165) is 11.4 Å². The molecule has 5 nitrogen and oxygen atoms in total. The van der Waals surface area contributed by atoms with Crippen LogP contribution in [0, 0.1) is 11.3 Å². The monoisotopic (exact) mass is 262 g/mol. The van der Waals surface area contributed by atoms with Gasteiger partial charge >= 0.3 is 5.97 Å². The molecule has 0 aliphatic rings. The first-order valence-electron chi connectivity index (χ1n) is 6.04. The Morgan fingerprint density at radius 1 is 1.47 bits per heavy atom. The summed E-state index contributed by atoms with van der Waals surface area (Å²) in [4.78, 5) is 10.5. The third-order valence-corrected chi connectivity index (χ3v) is 2.82. The fourth-order valence-electron chi connectivity index (χ4n) is 1.73. The highest BCUT2D eigenvalue weighted by molar-refractivity contribution is 5.66. The molecule has 0 spiro atoms. The van der Waals surface area contributed by atoms with E-state index in [1.165, 1.54) is 0 Å². The van der Waals surface area contributed by atoms with Gasteiger partial charge in [0.2, 0.25) is 0 Å². The normalized spacial score (nSPS) is 13.1. The number of methoxy groups -OCH3 is 1. The largest absolute Gasteiger partial charge is 0.497 e. The predicted molar refractivity (Wildman–Crippen MR) is 72.1 cm³/mol. The molecule has 0 heterocycles. The number of hydrogen-bond donors (Lipinski definition) is 2. The van der Waals surface area contributed by atoms with Crippen LogP contribution in [0.5, 0.6) is 5.75 Å². The zero-order valence-electron chi connectivity index (χ0n) is 11.1. The van der Waals surface area contributed by atoms with E-state index in [2.05, 4.69) is 11.4 Å². The first-order chi connectivity index (χ1) is 8.99. The van der Waals surface area contributed by atoms with Crippen LogP contribution in [0.25, 0.3) is 0 Å². The standard InChI is InChI=1S/C14H18N2O3/c1-14(10-15,9-3-4-13(17)18)16-11-5-7-12(19-2)8-6-11/h5-8,16H,3-4,9H2,1-2H3,(H,17,18). The minimum atomic E-state index is -0.843. The zero-order chi connectivity index (χ0) is 14.3. The van der Waals surface area contributed by atoms with Crippen LogP contribution in [0.1, 0.15) is 26.2 Å². The van der Waals surface area contributed by atoms with Gasteiger partial charge in [0.05, 0.1) is 13.2 Å². The molecule has 0 aliphatic carbocycles. The number of carboxylic acids is 1. The zero-order valence-corrected chi connectivity index (χ0v) is 11.1. The minimum absolute atomic E-state index is 0.0710. The van der Waals surface area contributed by atoms with Gasteiger partial charge in [0.15, 0.2) is 0 Å². The van der Waals surface area contributed by atoms with E-state index < -0.39 is 11.5 Å². The van der Waals surface area contributed by atoms with E-state index in [9.17, 15) is 10.1 Å². The van der Waals surface area contributed by atoms with Gasteiger partial charge in [-0.05, 0) is 44.0 Å². The van der Waals surface area contributed by atoms with Gasteiger partial charge in [-0.1, -0.05) is 0 Å². The highest BCUT2D eigenvalue weighted by Crippen LogP contribution is 2.22. The van der Waals surface area contributed by atoms with Crippen LogP contribution in [0.2, 0.25) is 0 Å². The lowest BCUT2D eigenvalue weighted by atomic mass is 9.96. The van der Waals surface area contributed by atoms with Crippen molar-refractivity contribution in [2.75, 3.05) is 12.4 Å². The maximum Gasteiger partial charge on any atom is 0.303 e. The van der Waals surface area contributed by atoms with E-state index in [1.807, 2.05) is 12.1 Å². The van der Waals surface area contributed by atoms with Gasteiger partial charge in [-0.15, -0.1) is 0 Å². The molecule has 0 fully saturated rings. The predicted octanol–water partition coefficient (Wildman–Crippen LogP) is 2.64. The molecule has 5 heteroatoms. The molecule has 1 aromatic rings. The average molecular weight is 262 g/mol. The lowest BCUT2D eigenvalue weighted by Crippen LogP contribution is -2.32. The third kappa shape index (κ3) is 4.88. The lowest BCUT2D eigenvalue weighted by Gasteiger charge is -2.24. The number of aliphatic carboxylic acids is 1. The quantitative estimate of drug-likeness (QED) is 0.789. The maximum absolute atomic E-state index is 10.5. The summed E-state index contributed by atoms with van der Waals surface area (Å²) in [5.41, 5.74) is 0.0319. The molecule has 102 valence electrons. The average Bonchev–Trinajstić information content (AvgIpc) is 2.39. The van der Waals surface area contributed by atoms with Crippen molar-refractivity contribution in [1.82, 2.24) is 0 Å². The number of nitriles is 1. The summed E-state index contributed by atoms with van der Waals surface area (Å²) in [5.74, 6) is -0.0974. The highest BCUT2D eigenvalue weighted by Gasteiger charge is 2.23. The van der Waals surface area contributed by atoms with Crippen LogP contribution in [0.3, 0.4) is 0 Å². The summed E-state index contributed by atoms with van der Waals surface area (Å²) in [6.07, 6.45) is 1.01. The summed E-state index contributed by atoms with van der Waals surface area (Å²) in [7, 11) is 1.59. The second kappa shape index (κ2) is 6.64. The van der Waals surface area contributed by atoms with Crippen molar-refractivity contribution in [2.45, 2.75) is 31.7 Å². The number of anilines is 1. The summed E-state index contributed by atoms with van der Waals surface area (Å²) >= 11 is 0. The smallest absolute Gasteiger partial charge is 0.303 e. The van der Waals surface area contributed by atoms with Gasteiger partial charge in [0.25, 0.3) is 0 Å². The number of nitrogens with one attached hydrogen (secondary N) is 1. The Morgan fingerprint density at radius 3 is 2.58 bits per heavy atom. The van der Waals surface area contributed by atoms with E-state index in [4.69, 9.17) is 9.84 Å². The SMILES string of the molecule is COc1ccc(NC(C)(C#N)CCCC(=O)O)cc1. The van der Waals surface area contributed by atoms with Crippen LogP contribution in [0.4, 0.5) is 5.69 Å².